The first-order valence-corrected chi connectivity index (χ1v) is 16.4. The summed E-state index contributed by atoms with van der Waals surface area (Å²) < 4.78 is 64.2. The smallest absolute Gasteiger partial charge is 0.0701 e. The summed E-state index contributed by atoms with van der Waals surface area (Å²) in [7, 11) is 6.87. The SMILES string of the molecule is COCCOCCOCCOCCOCCOCCSSCCOCCOCCOCCOCCOCCOC. The Morgan fingerprint density at radius 3 is 0.625 bits per heavy atom. The summed E-state index contributed by atoms with van der Waals surface area (Å²) in [6.45, 7) is 12.8. The number of rotatable bonds is 37. The minimum atomic E-state index is 0.548. The van der Waals surface area contributed by atoms with Gasteiger partial charge in [0.25, 0.3) is 0 Å². The lowest BCUT2D eigenvalue weighted by molar-refractivity contribution is -0.0139. The minimum absolute atomic E-state index is 0.548. The molecule has 0 saturated heterocycles. The Morgan fingerprint density at radius 1 is 0.250 bits per heavy atom. The Labute approximate surface area is 249 Å². The summed E-state index contributed by atoms with van der Waals surface area (Å²) in [6, 6.07) is 0. The third-order valence-corrected chi connectivity index (χ3v) is 6.88. The molecule has 0 amide bonds. The lowest BCUT2D eigenvalue weighted by Crippen LogP contribution is -2.14. The zero-order valence-corrected chi connectivity index (χ0v) is 26.3. The fraction of sp³-hybridized carbons (Fsp3) is 1.00. The van der Waals surface area contributed by atoms with Gasteiger partial charge >= 0.3 is 0 Å². The maximum atomic E-state index is 5.57. The summed E-state index contributed by atoms with van der Waals surface area (Å²) >= 11 is 0. The molecule has 0 aromatic heterocycles. The molecule has 0 aromatic rings. The van der Waals surface area contributed by atoms with Gasteiger partial charge in [0.1, 0.15) is 0 Å². The predicted molar refractivity (Wildman–Crippen MR) is 157 cm³/mol. The second-order valence-electron chi connectivity index (χ2n) is 7.75. The molecule has 0 spiro atoms. The molecule has 0 atom stereocenters. The van der Waals surface area contributed by atoms with Gasteiger partial charge in [0, 0.05) is 25.7 Å². The van der Waals surface area contributed by atoms with E-state index < -0.39 is 0 Å². The summed E-state index contributed by atoms with van der Waals surface area (Å²) in [5.41, 5.74) is 0. The zero-order valence-electron chi connectivity index (χ0n) is 24.7. The van der Waals surface area contributed by atoms with Crippen molar-refractivity contribution in [2.24, 2.45) is 0 Å². The molecular weight excluding hydrogens is 568 g/mol. The second-order valence-corrected chi connectivity index (χ2v) is 10.5. The lowest BCUT2D eigenvalue weighted by atomic mass is 10.7. The molecule has 0 saturated carbocycles. The highest BCUT2D eigenvalue weighted by atomic mass is 33.1. The van der Waals surface area contributed by atoms with Gasteiger partial charge in [-0.25, -0.2) is 0 Å². The van der Waals surface area contributed by atoms with E-state index in [4.69, 9.17) is 56.8 Å². The van der Waals surface area contributed by atoms with Crippen molar-refractivity contribution in [3.63, 3.8) is 0 Å². The van der Waals surface area contributed by atoms with Gasteiger partial charge in [-0.1, -0.05) is 21.6 Å². The van der Waals surface area contributed by atoms with E-state index in [1.54, 1.807) is 35.8 Å². The van der Waals surface area contributed by atoms with Crippen LogP contribution in [0.4, 0.5) is 0 Å². The van der Waals surface area contributed by atoms with Crippen LogP contribution in [0.25, 0.3) is 0 Å². The lowest BCUT2D eigenvalue weighted by Gasteiger charge is -2.08. The van der Waals surface area contributed by atoms with Crippen LogP contribution in [0, 0.1) is 0 Å². The average molecular weight is 623 g/mol. The number of hydrogen-bond acceptors (Lipinski definition) is 14. The molecule has 0 unspecified atom stereocenters. The highest BCUT2D eigenvalue weighted by Gasteiger charge is 1.97. The summed E-state index contributed by atoms with van der Waals surface area (Å²) in [5, 5.41) is 0. The van der Waals surface area contributed by atoms with Crippen molar-refractivity contribution in [3.8, 4) is 0 Å². The van der Waals surface area contributed by atoms with E-state index in [9.17, 15) is 0 Å². The molecule has 14 heteroatoms. The number of methoxy groups -OCH3 is 2. The van der Waals surface area contributed by atoms with Gasteiger partial charge in [-0.3, -0.25) is 0 Å². The summed E-state index contributed by atoms with van der Waals surface area (Å²) in [5.74, 6) is 1.86. The molecule has 0 aliphatic rings. The van der Waals surface area contributed by atoms with Crippen molar-refractivity contribution in [1.29, 1.82) is 0 Å². The molecule has 0 bridgehead atoms. The molecule has 12 nitrogen and oxygen atoms in total. The van der Waals surface area contributed by atoms with Crippen LogP contribution in [0.1, 0.15) is 0 Å². The van der Waals surface area contributed by atoms with Gasteiger partial charge < -0.3 is 56.8 Å². The Bertz CT molecular complexity index is 406. The maximum Gasteiger partial charge on any atom is 0.0701 e. The molecular formula is C26H54O12S2. The topological polar surface area (TPSA) is 111 Å². The number of hydrogen-bond donors (Lipinski definition) is 0. The van der Waals surface area contributed by atoms with Gasteiger partial charge in [-0.15, -0.1) is 0 Å². The van der Waals surface area contributed by atoms with Gasteiger partial charge in [0.2, 0.25) is 0 Å². The zero-order chi connectivity index (χ0) is 28.9. The van der Waals surface area contributed by atoms with Crippen molar-refractivity contribution < 1.29 is 56.8 Å². The van der Waals surface area contributed by atoms with Crippen LogP contribution in [-0.4, -0.2) is 171 Å². The molecule has 40 heavy (non-hydrogen) atoms. The van der Waals surface area contributed by atoms with Crippen LogP contribution in [0.3, 0.4) is 0 Å². The van der Waals surface area contributed by atoms with Crippen molar-refractivity contribution in [1.82, 2.24) is 0 Å². The van der Waals surface area contributed by atoms with Crippen LogP contribution >= 0.6 is 21.6 Å². The highest BCUT2D eigenvalue weighted by molar-refractivity contribution is 8.76. The fourth-order valence-corrected chi connectivity index (χ4v) is 4.27. The van der Waals surface area contributed by atoms with Crippen molar-refractivity contribution in [3.05, 3.63) is 0 Å². The van der Waals surface area contributed by atoms with E-state index in [1.807, 2.05) is 0 Å². The molecule has 0 N–H and O–H groups in total. The monoisotopic (exact) mass is 622 g/mol. The third kappa shape index (κ3) is 38.2. The van der Waals surface area contributed by atoms with Crippen molar-refractivity contribution in [2.75, 3.05) is 171 Å². The molecule has 242 valence electrons. The average Bonchev–Trinajstić information content (AvgIpc) is 2.97. The van der Waals surface area contributed by atoms with Gasteiger partial charge in [-0.2, -0.15) is 0 Å². The molecule has 0 aliphatic carbocycles. The fourth-order valence-electron chi connectivity index (χ4n) is 2.55. The van der Waals surface area contributed by atoms with Crippen LogP contribution in [0.5, 0.6) is 0 Å². The minimum Gasteiger partial charge on any atom is -0.382 e. The van der Waals surface area contributed by atoms with Crippen LogP contribution in [0.15, 0.2) is 0 Å². The Morgan fingerprint density at radius 2 is 0.425 bits per heavy atom. The van der Waals surface area contributed by atoms with E-state index in [1.165, 1.54) is 0 Å². The standard InChI is InChI=1S/C26H54O12S2/c1-27-3-5-29-7-9-31-11-13-33-15-17-35-19-21-37-23-25-39-40-26-24-38-22-20-36-18-16-34-14-12-32-10-8-30-6-4-28-2/h3-26H2,1-2H3. The van der Waals surface area contributed by atoms with Crippen molar-refractivity contribution in [2.45, 2.75) is 0 Å². The largest absolute Gasteiger partial charge is 0.382 e. The second kappa shape index (κ2) is 39.2. The molecule has 0 radical (unpaired) electrons. The first-order valence-electron chi connectivity index (χ1n) is 13.9. The third-order valence-electron chi connectivity index (χ3n) is 4.54. The van der Waals surface area contributed by atoms with Gasteiger partial charge in [-0.05, 0) is 0 Å². The Hall–Kier alpha value is 0.220. The van der Waals surface area contributed by atoms with Crippen LogP contribution in [0.2, 0.25) is 0 Å². The molecule has 0 aliphatic heterocycles. The van der Waals surface area contributed by atoms with Crippen molar-refractivity contribution >= 4 is 21.6 Å². The Balaban J connectivity index is 3.01. The molecule has 0 fully saturated rings. The number of ether oxygens (including phenoxy) is 12. The van der Waals surface area contributed by atoms with E-state index in [0.29, 0.717) is 145 Å². The molecule has 0 heterocycles. The quantitative estimate of drug-likeness (QED) is 0.0742. The van der Waals surface area contributed by atoms with Gasteiger partial charge in [0.15, 0.2) is 0 Å². The summed E-state index contributed by atoms with van der Waals surface area (Å²) in [4.78, 5) is 0. The first-order chi connectivity index (χ1) is 19.9. The van der Waals surface area contributed by atoms with Gasteiger partial charge in [0.05, 0.1) is 145 Å². The first kappa shape index (κ1) is 40.2. The van der Waals surface area contributed by atoms with E-state index in [2.05, 4.69) is 0 Å². The highest BCUT2D eigenvalue weighted by Crippen LogP contribution is 2.20. The van der Waals surface area contributed by atoms with Crippen LogP contribution in [-0.2, 0) is 56.8 Å². The van der Waals surface area contributed by atoms with E-state index >= 15 is 0 Å². The predicted octanol–water partition coefficient (Wildman–Crippen LogP) is 1.83. The van der Waals surface area contributed by atoms with E-state index in [0.717, 1.165) is 11.5 Å². The van der Waals surface area contributed by atoms with Crippen LogP contribution < -0.4 is 0 Å². The summed E-state index contributed by atoms with van der Waals surface area (Å²) in [6.07, 6.45) is 0. The maximum absolute atomic E-state index is 5.57. The molecule has 0 rings (SSSR count). The molecule has 0 aromatic carbocycles. The Kier molecular flexibility index (Phi) is 39.4. The normalized spacial score (nSPS) is 11.6. The van der Waals surface area contributed by atoms with E-state index in [-0.39, 0.29) is 0 Å².